The van der Waals surface area contributed by atoms with Crippen molar-refractivity contribution in [3.05, 3.63) is 47.8 Å². The summed E-state index contributed by atoms with van der Waals surface area (Å²) in [6, 6.07) is 9.07. The van der Waals surface area contributed by atoms with Gasteiger partial charge in [-0.15, -0.1) is 0 Å². The first-order valence-electron chi connectivity index (χ1n) is 6.08. The van der Waals surface area contributed by atoms with E-state index in [1.807, 2.05) is 24.8 Å². The number of nitriles is 1. The summed E-state index contributed by atoms with van der Waals surface area (Å²) in [6.07, 6.45) is 3.27. The van der Waals surface area contributed by atoms with E-state index < -0.39 is 0 Å². The molecular formula is C15H15N3O. The highest BCUT2D eigenvalue weighted by Crippen LogP contribution is 2.32. The fraction of sp³-hybridized carbons (Fsp3) is 0.200. The number of aromatic nitrogens is 1. The maximum Gasteiger partial charge on any atom is 0.117 e. The van der Waals surface area contributed by atoms with E-state index in [4.69, 9.17) is 0 Å². The van der Waals surface area contributed by atoms with Gasteiger partial charge in [-0.1, -0.05) is 6.07 Å². The summed E-state index contributed by atoms with van der Waals surface area (Å²) in [5.74, 6) is 0.210. The predicted molar refractivity (Wildman–Crippen MR) is 74.5 cm³/mol. The normalized spacial score (nSPS) is 9.95. The Labute approximate surface area is 112 Å². The minimum Gasteiger partial charge on any atom is -0.508 e. The van der Waals surface area contributed by atoms with Crippen LogP contribution in [0.4, 0.5) is 11.4 Å². The van der Waals surface area contributed by atoms with Gasteiger partial charge in [-0.3, -0.25) is 4.98 Å². The van der Waals surface area contributed by atoms with Gasteiger partial charge in [0.05, 0.1) is 17.4 Å². The molecule has 1 N–H and O–H groups in total. The molecule has 1 aromatic carbocycles. The molecule has 19 heavy (non-hydrogen) atoms. The van der Waals surface area contributed by atoms with Crippen molar-refractivity contribution in [2.24, 2.45) is 0 Å². The zero-order valence-corrected chi connectivity index (χ0v) is 11.0. The van der Waals surface area contributed by atoms with Crippen LogP contribution in [0, 0.1) is 18.3 Å². The number of hydrogen-bond acceptors (Lipinski definition) is 4. The second kappa shape index (κ2) is 5.40. The van der Waals surface area contributed by atoms with Gasteiger partial charge in [0.25, 0.3) is 0 Å². The van der Waals surface area contributed by atoms with Crippen molar-refractivity contribution in [2.45, 2.75) is 13.8 Å². The highest BCUT2D eigenvalue weighted by atomic mass is 16.3. The largest absolute Gasteiger partial charge is 0.508 e. The number of pyridine rings is 1. The van der Waals surface area contributed by atoms with Crippen LogP contribution in [0.25, 0.3) is 0 Å². The molecule has 4 heteroatoms. The molecule has 0 saturated heterocycles. The molecule has 1 heterocycles. The average Bonchev–Trinajstić information content (AvgIpc) is 2.44. The Morgan fingerprint density at radius 1 is 1.32 bits per heavy atom. The number of hydrogen-bond donors (Lipinski definition) is 1. The monoisotopic (exact) mass is 253 g/mol. The Bertz CT molecular complexity index is 632. The third-order valence-electron chi connectivity index (χ3n) is 3.01. The summed E-state index contributed by atoms with van der Waals surface area (Å²) in [5.41, 5.74) is 3.24. The summed E-state index contributed by atoms with van der Waals surface area (Å²) in [4.78, 5) is 6.06. The molecule has 4 nitrogen and oxygen atoms in total. The number of anilines is 2. The predicted octanol–water partition coefficient (Wildman–Crippen LogP) is 3.13. The minimum absolute atomic E-state index is 0.210. The van der Waals surface area contributed by atoms with Gasteiger partial charge < -0.3 is 10.0 Å². The van der Waals surface area contributed by atoms with Gasteiger partial charge in [-0.25, -0.2) is 0 Å². The van der Waals surface area contributed by atoms with Crippen LogP contribution >= 0.6 is 0 Å². The lowest BCUT2D eigenvalue weighted by atomic mass is 10.1. The van der Waals surface area contributed by atoms with Crippen molar-refractivity contribution < 1.29 is 5.11 Å². The molecule has 0 fully saturated rings. The molecule has 0 atom stereocenters. The number of phenolic OH excluding ortho intramolecular Hbond substituents is 1. The number of benzene rings is 1. The van der Waals surface area contributed by atoms with E-state index >= 15 is 0 Å². The number of rotatable bonds is 3. The van der Waals surface area contributed by atoms with Gasteiger partial charge in [0, 0.05) is 24.5 Å². The van der Waals surface area contributed by atoms with Crippen LogP contribution in [0.3, 0.4) is 0 Å². The molecule has 0 aliphatic rings. The third kappa shape index (κ3) is 2.50. The lowest BCUT2D eigenvalue weighted by molar-refractivity contribution is 0.475. The second-order valence-corrected chi connectivity index (χ2v) is 4.22. The average molecular weight is 253 g/mol. The van der Waals surface area contributed by atoms with Crippen molar-refractivity contribution >= 4 is 11.4 Å². The lowest BCUT2D eigenvalue weighted by Gasteiger charge is -2.25. The zero-order valence-electron chi connectivity index (χ0n) is 11.0. The maximum atomic E-state index is 9.65. The van der Waals surface area contributed by atoms with Crippen LogP contribution in [0.15, 0.2) is 36.7 Å². The SMILES string of the molecule is CCN(c1cc(O)ccc1C)c1cnccc1C#N. The summed E-state index contributed by atoms with van der Waals surface area (Å²) in [7, 11) is 0. The molecule has 1 aromatic heterocycles. The zero-order chi connectivity index (χ0) is 13.8. The van der Waals surface area contributed by atoms with E-state index in [0.717, 1.165) is 16.9 Å². The van der Waals surface area contributed by atoms with Gasteiger partial charge in [0.1, 0.15) is 11.8 Å². The molecule has 0 unspecified atom stereocenters. The van der Waals surface area contributed by atoms with E-state index in [-0.39, 0.29) is 5.75 Å². The summed E-state index contributed by atoms with van der Waals surface area (Å²) in [5, 5.41) is 18.8. The van der Waals surface area contributed by atoms with Crippen molar-refractivity contribution in [3.8, 4) is 11.8 Å². The van der Waals surface area contributed by atoms with Gasteiger partial charge >= 0.3 is 0 Å². The first kappa shape index (κ1) is 12.9. The second-order valence-electron chi connectivity index (χ2n) is 4.22. The molecule has 0 aliphatic heterocycles. The van der Waals surface area contributed by atoms with Crippen LogP contribution in [0.2, 0.25) is 0 Å². The van der Waals surface area contributed by atoms with Crippen LogP contribution in [-0.4, -0.2) is 16.6 Å². The Morgan fingerprint density at radius 3 is 2.79 bits per heavy atom. The molecule has 2 aromatic rings. The summed E-state index contributed by atoms with van der Waals surface area (Å²) in [6.45, 7) is 4.65. The van der Waals surface area contributed by atoms with Crippen LogP contribution in [0.1, 0.15) is 18.1 Å². The quantitative estimate of drug-likeness (QED) is 0.913. The van der Waals surface area contributed by atoms with Crippen molar-refractivity contribution in [3.63, 3.8) is 0 Å². The fourth-order valence-corrected chi connectivity index (χ4v) is 2.05. The number of nitrogens with zero attached hydrogens (tertiary/aromatic N) is 3. The van der Waals surface area contributed by atoms with E-state index in [1.54, 1.807) is 30.6 Å². The Morgan fingerprint density at radius 2 is 2.11 bits per heavy atom. The maximum absolute atomic E-state index is 9.65. The molecule has 0 spiro atoms. The first-order valence-corrected chi connectivity index (χ1v) is 6.08. The molecular weight excluding hydrogens is 238 g/mol. The highest BCUT2D eigenvalue weighted by Gasteiger charge is 2.14. The van der Waals surface area contributed by atoms with Crippen LogP contribution in [0.5, 0.6) is 5.75 Å². The van der Waals surface area contributed by atoms with Crippen molar-refractivity contribution in [1.29, 1.82) is 5.26 Å². The van der Waals surface area contributed by atoms with E-state index in [0.29, 0.717) is 12.1 Å². The Kier molecular flexibility index (Phi) is 3.67. The van der Waals surface area contributed by atoms with Crippen LogP contribution < -0.4 is 4.90 Å². The Hall–Kier alpha value is -2.54. The van der Waals surface area contributed by atoms with Gasteiger partial charge in [-0.2, -0.15) is 5.26 Å². The van der Waals surface area contributed by atoms with Gasteiger partial charge in [0.2, 0.25) is 0 Å². The molecule has 0 aliphatic carbocycles. The number of aryl methyl sites for hydroxylation is 1. The summed E-state index contributed by atoms with van der Waals surface area (Å²) >= 11 is 0. The smallest absolute Gasteiger partial charge is 0.117 e. The molecule has 0 bridgehead atoms. The molecule has 0 amide bonds. The molecule has 96 valence electrons. The topological polar surface area (TPSA) is 60.1 Å². The van der Waals surface area contributed by atoms with Crippen LogP contribution in [-0.2, 0) is 0 Å². The van der Waals surface area contributed by atoms with Crippen molar-refractivity contribution in [2.75, 3.05) is 11.4 Å². The fourth-order valence-electron chi connectivity index (χ4n) is 2.05. The molecule has 0 radical (unpaired) electrons. The van der Waals surface area contributed by atoms with Gasteiger partial charge in [-0.05, 0) is 31.5 Å². The minimum atomic E-state index is 0.210. The van der Waals surface area contributed by atoms with Gasteiger partial charge in [0.15, 0.2) is 0 Å². The van der Waals surface area contributed by atoms with E-state index in [9.17, 15) is 10.4 Å². The van der Waals surface area contributed by atoms with Crippen molar-refractivity contribution in [1.82, 2.24) is 4.98 Å². The first-order chi connectivity index (χ1) is 9.17. The number of phenols is 1. The van der Waals surface area contributed by atoms with E-state index in [1.165, 1.54) is 0 Å². The Balaban J connectivity index is 2.57. The third-order valence-corrected chi connectivity index (χ3v) is 3.01. The highest BCUT2D eigenvalue weighted by molar-refractivity contribution is 5.71. The molecule has 0 saturated carbocycles. The molecule has 2 rings (SSSR count). The lowest BCUT2D eigenvalue weighted by Crippen LogP contribution is -2.18. The number of aromatic hydroxyl groups is 1. The summed E-state index contributed by atoms with van der Waals surface area (Å²) < 4.78 is 0. The standard InChI is InChI=1S/C15H15N3O/c1-3-18(14-8-13(19)5-4-11(14)2)15-10-17-7-6-12(15)9-16/h4-8,10,19H,3H2,1-2H3. The van der Waals surface area contributed by atoms with E-state index in [2.05, 4.69) is 11.1 Å².